The molecule has 1 aliphatic heterocycles. The third-order valence-electron chi connectivity index (χ3n) is 3.02. The normalized spacial score (nSPS) is 13.1. The summed E-state index contributed by atoms with van der Waals surface area (Å²) in [6.45, 7) is 1.74. The number of hydrogen-bond acceptors (Lipinski definition) is 4. The zero-order valence-corrected chi connectivity index (χ0v) is 10.4. The summed E-state index contributed by atoms with van der Waals surface area (Å²) in [5.41, 5.74) is 1.80. The fourth-order valence-electron chi connectivity index (χ4n) is 2.01. The lowest BCUT2D eigenvalue weighted by Crippen LogP contribution is -2.15. The van der Waals surface area contributed by atoms with Crippen molar-refractivity contribution >= 4 is 5.69 Å². The van der Waals surface area contributed by atoms with E-state index in [2.05, 4.69) is 5.32 Å². The molecule has 2 aromatic carbocycles. The second-order valence-corrected chi connectivity index (χ2v) is 4.34. The number of rotatable bonds is 3. The fraction of sp³-hybridized carbons (Fsp3) is 0.200. The van der Waals surface area contributed by atoms with Crippen molar-refractivity contribution in [1.29, 1.82) is 0 Å². The van der Waals surface area contributed by atoms with Gasteiger partial charge in [-0.15, -0.1) is 0 Å². The molecule has 19 heavy (non-hydrogen) atoms. The molecule has 0 atom stereocenters. The Balaban J connectivity index is 1.72. The predicted molar refractivity (Wildman–Crippen MR) is 72.9 cm³/mol. The summed E-state index contributed by atoms with van der Waals surface area (Å²) >= 11 is 0. The Kier molecular flexibility index (Phi) is 3.14. The molecule has 0 spiro atoms. The Bertz CT molecular complexity index is 583. The largest absolute Gasteiger partial charge is 0.508 e. The molecule has 0 fully saturated rings. The maximum Gasteiger partial charge on any atom is 0.163 e. The lowest BCUT2D eigenvalue weighted by molar-refractivity contribution is 0.171. The standard InChI is InChI=1S/C15H15NO3/c17-13-4-2-1-3-11(13)10-16-12-5-6-14-15(9-12)19-8-7-18-14/h1-6,9,16-17H,7-8,10H2. The zero-order valence-electron chi connectivity index (χ0n) is 10.4. The van der Waals surface area contributed by atoms with Crippen LogP contribution in [-0.4, -0.2) is 18.3 Å². The average molecular weight is 257 g/mol. The molecule has 0 radical (unpaired) electrons. The molecule has 0 aliphatic carbocycles. The molecule has 1 heterocycles. The molecule has 0 amide bonds. The van der Waals surface area contributed by atoms with E-state index in [1.54, 1.807) is 6.07 Å². The van der Waals surface area contributed by atoms with Crippen molar-refractivity contribution < 1.29 is 14.6 Å². The van der Waals surface area contributed by atoms with Crippen LogP contribution >= 0.6 is 0 Å². The summed E-state index contributed by atoms with van der Waals surface area (Å²) in [5.74, 6) is 1.83. The van der Waals surface area contributed by atoms with Crippen LogP contribution in [0.1, 0.15) is 5.56 Å². The van der Waals surface area contributed by atoms with Crippen molar-refractivity contribution in [3.8, 4) is 17.2 Å². The maximum atomic E-state index is 9.70. The first-order chi connectivity index (χ1) is 9.33. The molecule has 2 aromatic rings. The summed E-state index contributed by atoms with van der Waals surface area (Å²) in [7, 11) is 0. The maximum absolute atomic E-state index is 9.70. The molecule has 0 aromatic heterocycles. The van der Waals surface area contributed by atoms with Gasteiger partial charge in [-0.3, -0.25) is 0 Å². The van der Waals surface area contributed by atoms with Gasteiger partial charge in [0, 0.05) is 23.9 Å². The summed E-state index contributed by atoms with van der Waals surface area (Å²) in [5, 5.41) is 13.0. The van der Waals surface area contributed by atoms with Gasteiger partial charge in [-0.2, -0.15) is 0 Å². The van der Waals surface area contributed by atoms with Gasteiger partial charge in [-0.25, -0.2) is 0 Å². The van der Waals surface area contributed by atoms with E-state index in [-0.39, 0.29) is 0 Å². The highest BCUT2D eigenvalue weighted by atomic mass is 16.6. The highest BCUT2D eigenvalue weighted by Gasteiger charge is 2.11. The van der Waals surface area contributed by atoms with Crippen LogP contribution in [0, 0.1) is 0 Å². The second-order valence-electron chi connectivity index (χ2n) is 4.34. The number of para-hydroxylation sites is 1. The van der Waals surface area contributed by atoms with Crippen LogP contribution in [0.25, 0.3) is 0 Å². The number of hydrogen-bond donors (Lipinski definition) is 2. The van der Waals surface area contributed by atoms with Gasteiger partial charge in [0.2, 0.25) is 0 Å². The van der Waals surface area contributed by atoms with Crippen LogP contribution in [0.2, 0.25) is 0 Å². The summed E-state index contributed by atoms with van der Waals surface area (Å²) < 4.78 is 11.0. The molecule has 0 bridgehead atoms. The third-order valence-corrected chi connectivity index (χ3v) is 3.02. The predicted octanol–water partition coefficient (Wildman–Crippen LogP) is 2.78. The molecule has 3 rings (SSSR count). The van der Waals surface area contributed by atoms with Crippen LogP contribution in [0.4, 0.5) is 5.69 Å². The Labute approximate surface area is 111 Å². The number of phenols is 1. The first-order valence-corrected chi connectivity index (χ1v) is 6.23. The van der Waals surface area contributed by atoms with E-state index >= 15 is 0 Å². The van der Waals surface area contributed by atoms with E-state index in [1.807, 2.05) is 36.4 Å². The number of ether oxygens (including phenoxy) is 2. The van der Waals surface area contributed by atoms with Crippen molar-refractivity contribution in [1.82, 2.24) is 0 Å². The van der Waals surface area contributed by atoms with E-state index in [4.69, 9.17) is 9.47 Å². The second kappa shape index (κ2) is 5.10. The smallest absolute Gasteiger partial charge is 0.163 e. The van der Waals surface area contributed by atoms with E-state index in [9.17, 15) is 5.11 Å². The van der Waals surface area contributed by atoms with E-state index < -0.39 is 0 Å². The van der Waals surface area contributed by atoms with Crippen LogP contribution in [0.15, 0.2) is 42.5 Å². The lowest BCUT2D eigenvalue weighted by Gasteiger charge is -2.19. The summed E-state index contributed by atoms with van der Waals surface area (Å²) in [6.07, 6.45) is 0. The van der Waals surface area contributed by atoms with Gasteiger partial charge in [0.25, 0.3) is 0 Å². The number of anilines is 1. The van der Waals surface area contributed by atoms with Crippen molar-refractivity contribution in [3.05, 3.63) is 48.0 Å². The van der Waals surface area contributed by atoms with Gasteiger partial charge < -0.3 is 19.9 Å². The van der Waals surface area contributed by atoms with Crippen LogP contribution < -0.4 is 14.8 Å². The fourth-order valence-corrected chi connectivity index (χ4v) is 2.01. The van der Waals surface area contributed by atoms with Crippen LogP contribution in [0.3, 0.4) is 0 Å². The third kappa shape index (κ3) is 2.57. The van der Waals surface area contributed by atoms with Gasteiger partial charge >= 0.3 is 0 Å². The van der Waals surface area contributed by atoms with E-state index in [1.165, 1.54) is 0 Å². The lowest BCUT2D eigenvalue weighted by atomic mass is 10.2. The molecular formula is C15H15NO3. The minimum atomic E-state index is 0.299. The average Bonchev–Trinajstić information content (AvgIpc) is 2.46. The molecular weight excluding hydrogens is 242 g/mol. The minimum absolute atomic E-state index is 0.299. The molecule has 1 aliphatic rings. The summed E-state index contributed by atoms with van der Waals surface area (Å²) in [6, 6.07) is 13.0. The van der Waals surface area contributed by atoms with E-state index in [0.717, 1.165) is 22.7 Å². The monoisotopic (exact) mass is 257 g/mol. The topological polar surface area (TPSA) is 50.7 Å². The van der Waals surface area contributed by atoms with E-state index in [0.29, 0.717) is 25.5 Å². The minimum Gasteiger partial charge on any atom is -0.508 e. The van der Waals surface area contributed by atoms with Gasteiger partial charge in [0.05, 0.1) is 0 Å². The van der Waals surface area contributed by atoms with Gasteiger partial charge in [-0.05, 0) is 18.2 Å². The number of phenolic OH excluding ortho intramolecular Hbond substituents is 1. The Morgan fingerprint density at radius 2 is 1.79 bits per heavy atom. The van der Waals surface area contributed by atoms with Gasteiger partial charge in [0.1, 0.15) is 19.0 Å². The molecule has 98 valence electrons. The number of fused-ring (bicyclic) bond motifs is 1. The SMILES string of the molecule is Oc1ccccc1CNc1ccc2c(c1)OCCO2. The van der Waals surface area contributed by atoms with Gasteiger partial charge in [0.15, 0.2) is 11.5 Å². The number of benzene rings is 2. The first-order valence-electron chi connectivity index (χ1n) is 6.23. The van der Waals surface area contributed by atoms with Crippen molar-refractivity contribution in [2.24, 2.45) is 0 Å². The van der Waals surface area contributed by atoms with Crippen LogP contribution in [-0.2, 0) is 6.54 Å². The highest BCUT2D eigenvalue weighted by Crippen LogP contribution is 2.32. The molecule has 4 heteroatoms. The van der Waals surface area contributed by atoms with Crippen molar-refractivity contribution in [2.45, 2.75) is 6.54 Å². The first kappa shape index (κ1) is 11.7. The highest BCUT2D eigenvalue weighted by molar-refractivity contribution is 5.55. The molecule has 0 saturated heterocycles. The van der Waals surface area contributed by atoms with Crippen LogP contribution in [0.5, 0.6) is 17.2 Å². The number of aromatic hydroxyl groups is 1. The molecule has 0 unspecified atom stereocenters. The molecule has 2 N–H and O–H groups in total. The Hall–Kier alpha value is -2.36. The Morgan fingerprint density at radius 1 is 1.00 bits per heavy atom. The molecule has 0 saturated carbocycles. The Morgan fingerprint density at radius 3 is 2.63 bits per heavy atom. The number of nitrogens with one attached hydrogen (secondary N) is 1. The quantitative estimate of drug-likeness (QED) is 0.887. The van der Waals surface area contributed by atoms with Crippen molar-refractivity contribution in [2.75, 3.05) is 18.5 Å². The zero-order chi connectivity index (χ0) is 13.1. The van der Waals surface area contributed by atoms with Gasteiger partial charge in [-0.1, -0.05) is 18.2 Å². The summed E-state index contributed by atoms with van der Waals surface area (Å²) in [4.78, 5) is 0. The molecule has 4 nitrogen and oxygen atoms in total. The van der Waals surface area contributed by atoms with Crippen molar-refractivity contribution in [3.63, 3.8) is 0 Å².